The van der Waals surface area contributed by atoms with Gasteiger partial charge in [-0.25, -0.2) is 0 Å². The maximum Gasteiger partial charge on any atom is 0.252 e. The predicted molar refractivity (Wildman–Crippen MR) is 74.8 cm³/mol. The van der Waals surface area contributed by atoms with E-state index in [0.29, 0.717) is 17.5 Å². The van der Waals surface area contributed by atoms with Crippen LogP contribution in [0.15, 0.2) is 18.2 Å². The van der Waals surface area contributed by atoms with Crippen LogP contribution in [0.3, 0.4) is 0 Å². The molecule has 0 aliphatic rings. The number of nitrogens with one attached hydrogen (secondary N) is 1. The van der Waals surface area contributed by atoms with Crippen LogP contribution in [0.5, 0.6) is 5.75 Å². The van der Waals surface area contributed by atoms with Crippen molar-refractivity contribution in [2.45, 2.75) is 25.8 Å². The lowest BCUT2D eigenvalue weighted by Gasteiger charge is -2.29. The van der Waals surface area contributed by atoms with Gasteiger partial charge in [0.2, 0.25) is 0 Å². The molecule has 0 aliphatic heterocycles. The quantitative estimate of drug-likeness (QED) is 0.819. The number of carbonyl (C=O) groups is 1. The largest absolute Gasteiger partial charge is 0.508 e. The molecule has 0 bridgehead atoms. The zero-order valence-corrected chi connectivity index (χ0v) is 12.0. The maximum absolute atomic E-state index is 12.2. The van der Waals surface area contributed by atoms with E-state index in [9.17, 15) is 9.90 Å². The van der Waals surface area contributed by atoms with Crippen molar-refractivity contribution in [1.82, 2.24) is 5.32 Å². The molecule has 0 fully saturated rings. The molecule has 0 spiro atoms. The van der Waals surface area contributed by atoms with E-state index < -0.39 is 5.54 Å². The van der Waals surface area contributed by atoms with Crippen LogP contribution in [0.1, 0.15) is 29.3 Å². The van der Waals surface area contributed by atoms with Gasteiger partial charge < -0.3 is 10.4 Å². The van der Waals surface area contributed by atoms with E-state index in [2.05, 4.69) is 5.32 Å². The fraction of sp³-hybridized carbons (Fsp3) is 0.462. The Bertz CT molecular complexity index is 423. The lowest BCUT2D eigenvalue weighted by Crippen LogP contribution is -2.51. The van der Waals surface area contributed by atoms with Crippen molar-refractivity contribution in [2.75, 3.05) is 11.8 Å². The van der Waals surface area contributed by atoms with E-state index in [1.807, 2.05) is 6.92 Å². The average molecular weight is 290 g/mol. The van der Waals surface area contributed by atoms with E-state index >= 15 is 0 Å². The monoisotopic (exact) mass is 289 g/mol. The van der Waals surface area contributed by atoms with Gasteiger partial charge in [-0.15, -0.1) is 23.2 Å². The molecule has 2 N–H and O–H groups in total. The minimum absolute atomic E-state index is 0.139. The molecule has 1 rings (SSSR count). The van der Waals surface area contributed by atoms with Crippen molar-refractivity contribution in [3.8, 4) is 5.75 Å². The zero-order chi connectivity index (χ0) is 13.8. The lowest BCUT2D eigenvalue weighted by molar-refractivity contribution is 0.0913. The molecule has 0 aliphatic carbocycles. The topological polar surface area (TPSA) is 49.3 Å². The van der Waals surface area contributed by atoms with Gasteiger partial charge in [-0.1, -0.05) is 6.92 Å². The van der Waals surface area contributed by atoms with Gasteiger partial charge in [0.15, 0.2) is 0 Å². The number of hydrogen-bond donors (Lipinski definition) is 2. The van der Waals surface area contributed by atoms with Crippen LogP contribution in [0, 0.1) is 6.92 Å². The number of amides is 1. The highest BCUT2D eigenvalue weighted by atomic mass is 35.5. The second-order valence-corrected chi connectivity index (χ2v) is 4.89. The smallest absolute Gasteiger partial charge is 0.252 e. The Kier molecular flexibility index (Phi) is 5.29. The number of benzene rings is 1. The molecule has 0 aromatic heterocycles. The third-order valence-corrected chi connectivity index (χ3v) is 4.04. The van der Waals surface area contributed by atoms with Crippen LogP contribution in [0.4, 0.5) is 0 Å². The Morgan fingerprint density at radius 1 is 1.39 bits per heavy atom. The van der Waals surface area contributed by atoms with Gasteiger partial charge in [0.25, 0.3) is 5.91 Å². The summed E-state index contributed by atoms with van der Waals surface area (Å²) in [5.41, 5.74) is 0.632. The summed E-state index contributed by atoms with van der Waals surface area (Å²) in [6.07, 6.45) is 0.656. The highest BCUT2D eigenvalue weighted by Gasteiger charge is 2.29. The molecule has 5 heteroatoms. The van der Waals surface area contributed by atoms with E-state index in [4.69, 9.17) is 23.2 Å². The van der Waals surface area contributed by atoms with E-state index in [-0.39, 0.29) is 23.4 Å². The normalized spacial score (nSPS) is 11.3. The number of alkyl halides is 2. The number of phenolic OH excluding ortho intramolecular Hbond substituents is 1. The standard InChI is InChI=1S/C13H17Cl2NO2/c1-3-13(7-14,8-15)16-12(18)11-5-4-10(17)6-9(11)2/h4-6,17H,3,7-8H2,1-2H3,(H,16,18). The summed E-state index contributed by atoms with van der Waals surface area (Å²) >= 11 is 11.8. The number of hydrogen-bond acceptors (Lipinski definition) is 2. The van der Waals surface area contributed by atoms with Gasteiger partial charge in [-0.3, -0.25) is 4.79 Å². The summed E-state index contributed by atoms with van der Waals surface area (Å²) in [6.45, 7) is 3.69. The second kappa shape index (κ2) is 6.30. The Balaban J connectivity index is 2.94. The number of phenols is 1. The molecule has 0 unspecified atom stereocenters. The second-order valence-electron chi connectivity index (χ2n) is 4.35. The SMILES string of the molecule is CCC(CCl)(CCl)NC(=O)c1ccc(O)cc1C. The molecule has 0 saturated heterocycles. The fourth-order valence-corrected chi connectivity index (χ4v) is 2.39. The van der Waals surface area contributed by atoms with Crippen molar-refractivity contribution >= 4 is 29.1 Å². The molecular weight excluding hydrogens is 273 g/mol. The first-order chi connectivity index (χ1) is 8.48. The number of aromatic hydroxyl groups is 1. The summed E-state index contributed by atoms with van der Waals surface area (Å²) < 4.78 is 0. The molecule has 3 nitrogen and oxygen atoms in total. The minimum Gasteiger partial charge on any atom is -0.508 e. The Hall–Kier alpha value is -0.930. The van der Waals surface area contributed by atoms with Gasteiger partial charge in [-0.05, 0) is 37.1 Å². The highest BCUT2D eigenvalue weighted by Crippen LogP contribution is 2.19. The average Bonchev–Trinajstić information content (AvgIpc) is 2.36. The maximum atomic E-state index is 12.2. The van der Waals surface area contributed by atoms with Crippen molar-refractivity contribution in [1.29, 1.82) is 0 Å². The summed E-state index contributed by atoms with van der Waals surface area (Å²) in [5.74, 6) is 0.433. The summed E-state index contributed by atoms with van der Waals surface area (Å²) in [6, 6.07) is 4.61. The van der Waals surface area contributed by atoms with Crippen LogP contribution < -0.4 is 5.32 Å². The minimum atomic E-state index is -0.593. The Labute approximate surface area is 117 Å². The first-order valence-corrected chi connectivity index (χ1v) is 6.79. The van der Waals surface area contributed by atoms with E-state index in [1.54, 1.807) is 19.1 Å². The van der Waals surface area contributed by atoms with E-state index in [0.717, 1.165) is 0 Å². The van der Waals surface area contributed by atoms with Crippen molar-refractivity contribution < 1.29 is 9.90 Å². The van der Waals surface area contributed by atoms with Crippen molar-refractivity contribution in [3.63, 3.8) is 0 Å². The summed E-state index contributed by atoms with van der Waals surface area (Å²) in [4.78, 5) is 12.2. The van der Waals surface area contributed by atoms with Crippen LogP contribution in [0.2, 0.25) is 0 Å². The Morgan fingerprint density at radius 2 is 2.00 bits per heavy atom. The van der Waals surface area contributed by atoms with Gasteiger partial charge in [0.05, 0.1) is 5.54 Å². The molecule has 100 valence electrons. The number of halogens is 2. The number of rotatable bonds is 5. The van der Waals surface area contributed by atoms with Crippen LogP contribution >= 0.6 is 23.2 Å². The van der Waals surface area contributed by atoms with Crippen LogP contribution in [-0.2, 0) is 0 Å². The van der Waals surface area contributed by atoms with Crippen LogP contribution in [-0.4, -0.2) is 28.3 Å². The molecule has 0 atom stereocenters. The molecule has 1 amide bonds. The zero-order valence-electron chi connectivity index (χ0n) is 10.5. The molecular formula is C13H17Cl2NO2. The van der Waals surface area contributed by atoms with Gasteiger partial charge >= 0.3 is 0 Å². The molecule has 0 heterocycles. The van der Waals surface area contributed by atoms with Gasteiger partial charge in [0, 0.05) is 17.3 Å². The summed E-state index contributed by atoms with van der Waals surface area (Å²) in [5, 5.41) is 12.2. The van der Waals surface area contributed by atoms with Crippen molar-refractivity contribution in [2.24, 2.45) is 0 Å². The molecule has 0 saturated carbocycles. The number of carbonyl (C=O) groups excluding carboxylic acids is 1. The van der Waals surface area contributed by atoms with E-state index in [1.165, 1.54) is 6.07 Å². The lowest BCUT2D eigenvalue weighted by atomic mass is 9.99. The third kappa shape index (κ3) is 3.30. The first-order valence-electron chi connectivity index (χ1n) is 5.72. The Morgan fingerprint density at radius 3 is 2.44 bits per heavy atom. The summed E-state index contributed by atoms with van der Waals surface area (Å²) in [7, 11) is 0. The molecule has 1 aromatic rings. The predicted octanol–water partition coefficient (Wildman–Crippen LogP) is 3.06. The van der Waals surface area contributed by atoms with Gasteiger partial charge in [0.1, 0.15) is 5.75 Å². The van der Waals surface area contributed by atoms with Gasteiger partial charge in [-0.2, -0.15) is 0 Å². The van der Waals surface area contributed by atoms with Crippen LogP contribution in [0.25, 0.3) is 0 Å². The van der Waals surface area contributed by atoms with Crippen molar-refractivity contribution in [3.05, 3.63) is 29.3 Å². The number of aryl methyl sites for hydroxylation is 1. The third-order valence-electron chi connectivity index (χ3n) is 3.02. The molecule has 18 heavy (non-hydrogen) atoms. The first kappa shape index (κ1) is 15.1. The molecule has 0 radical (unpaired) electrons. The fourth-order valence-electron chi connectivity index (χ4n) is 1.59. The molecule has 1 aromatic carbocycles. The highest BCUT2D eigenvalue weighted by molar-refractivity contribution is 6.22.